The molecule has 0 atom stereocenters. The second-order valence-corrected chi connectivity index (χ2v) is 5.55. The molecule has 2 aromatic heterocycles. The molecule has 4 nitrogen and oxygen atoms in total. The molecule has 3 rings (SSSR count). The van der Waals surface area contributed by atoms with E-state index in [4.69, 9.17) is 23.2 Å². The zero-order valence-corrected chi connectivity index (χ0v) is 11.5. The van der Waals surface area contributed by atoms with Gasteiger partial charge in [0, 0.05) is 6.54 Å². The maximum absolute atomic E-state index is 6.01. The van der Waals surface area contributed by atoms with E-state index in [1.54, 1.807) is 6.33 Å². The third kappa shape index (κ3) is 2.31. The van der Waals surface area contributed by atoms with Crippen LogP contribution < -0.4 is 0 Å². The summed E-state index contributed by atoms with van der Waals surface area (Å²) in [7, 11) is 0. The molecule has 0 saturated heterocycles. The van der Waals surface area contributed by atoms with Crippen molar-refractivity contribution in [3.63, 3.8) is 0 Å². The highest BCUT2D eigenvalue weighted by atomic mass is 35.5. The van der Waals surface area contributed by atoms with Crippen LogP contribution in [0.2, 0.25) is 10.4 Å². The van der Waals surface area contributed by atoms with Crippen LogP contribution in [-0.2, 0) is 6.54 Å². The Kier molecular flexibility index (Phi) is 3.39. The highest BCUT2D eigenvalue weighted by molar-refractivity contribution is 6.35. The average molecular weight is 285 g/mol. The van der Waals surface area contributed by atoms with Crippen molar-refractivity contribution in [2.75, 3.05) is 0 Å². The van der Waals surface area contributed by atoms with Crippen LogP contribution in [0.15, 0.2) is 6.33 Å². The van der Waals surface area contributed by atoms with E-state index in [0.717, 1.165) is 12.2 Å². The molecule has 0 N–H and O–H groups in total. The van der Waals surface area contributed by atoms with Crippen molar-refractivity contribution in [2.24, 2.45) is 5.92 Å². The normalized spacial score (nSPS) is 17.4. The first-order chi connectivity index (χ1) is 8.74. The van der Waals surface area contributed by atoms with Gasteiger partial charge in [-0.2, -0.15) is 4.98 Å². The summed E-state index contributed by atoms with van der Waals surface area (Å²) in [4.78, 5) is 12.4. The minimum absolute atomic E-state index is 0.179. The van der Waals surface area contributed by atoms with Gasteiger partial charge in [0.05, 0.1) is 6.33 Å². The van der Waals surface area contributed by atoms with Crippen LogP contribution in [0.1, 0.15) is 32.1 Å². The Bertz CT molecular complexity index is 560. The predicted octanol–water partition coefficient (Wildman–Crippen LogP) is 3.71. The third-order valence-electron chi connectivity index (χ3n) is 3.57. The van der Waals surface area contributed by atoms with Gasteiger partial charge in [-0.15, -0.1) is 0 Å². The van der Waals surface area contributed by atoms with E-state index in [1.165, 1.54) is 32.1 Å². The smallest absolute Gasteiger partial charge is 0.225 e. The molecule has 0 unspecified atom stereocenters. The van der Waals surface area contributed by atoms with E-state index in [2.05, 4.69) is 15.0 Å². The van der Waals surface area contributed by atoms with Gasteiger partial charge in [-0.3, -0.25) is 0 Å². The summed E-state index contributed by atoms with van der Waals surface area (Å²) < 4.78 is 2.05. The number of rotatable bonds is 2. The largest absolute Gasteiger partial charge is 0.315 e. The van der Waals surface area contributed by atoms with E-state index in [-0.39, 0.29) is 5.28 Å². The summed E-state index contributed by atoms with van der Waals surface area (Å²) in [5.74, 6) is 0.712. The monoisotopic (exact) mass is 284 g/mol. The van der Waals surface area contributed by atoms with Crippen molar-refractivity contribution in [3.05, 3.63) is 16.8 Å². The van der Waals surface area contributed by atoms with Crippen LogP contribution in [0.5, 0.6) is 0 Å². The number of hydrogen-bond donors (Lipinski definition) is 0. The molecule has 2 heterocycles. The summed E-state index contributed by atoms with van der Waals surface area (Å²) in [6, 6.07) is 0. The molecule has 1 fully saturated rings. The number of halogens is 2. The second-order valence-electron chi connectivity index (χ2n) is 4.86. The highest BCUT2D eigenvalue weighted by Crippen LogP contribution is 2.27. The number of fused-ring (bicyclic) bond motifs is 1. The van der Waals surface area contributed by atoms with Crippen molar-refractivity contribution in [1.29, 1.82) is 0 Å². The number of aromatic nitrogens is 4. The quantitative estimate of drug-likeness (QED) is 0.624. The maximum Gasteiger partial charge on any atom is 0.225 e. The van der Waals surface area contributed by atoms with Crippen LogP contribution in [0.4, 0.5) is 0 Å². The lowest BCUT2D eigenvalue weighted by Crippen LogP contribution is -2.13. The molecule has 0 bridgehead atoms. The lowest BCUT2D eigenvalue weighted by molar-refractivity contribution is 0.321. The van der Waals surface area contributed by atoms with Crippen molar-refractivity contribution in [2.45, 2.75) is 38.6 Å². The van der Waals surface area contributed by atoms with Crippen molar-refractivity contribution < 1.29 is 0 Å². The predicted molar refractivity (Wildman–Crippen MR) is 71.9 cm³/mol. The van der Waals surface area contributed by atoms with Gasteiger partial charge in [-0.05, 0) is 30.4 Å². The fourth-order valence-electron chi connectivity index (χ4n) is 2.67. The highest BCUT2D eigenvalue weighted by Gasteiger charge is 2.17. The Labute approximate surface area is 115 Å². The topological polar surface area (TPSA) is 43.6 Å². The van der Waals surface area contributed by atoms with Crippen molar-refractivity contribution in [1.82, 2.24) is 19.5 Å². The van der Waals surface area contributed by atoms with Crippen molar-refractivity contribution in [3.8, 4) is 0 Å². The summed E-state index contributed by atoms with van der Waals surface area (Å²) >= 11 is 11.9. The number of hydrogen-bond acceptors (Lipinski definition) is 3. The Morgan fingerprint density at radius 3 is 2.72 bits per heavy atom. The molecule has 1 saturated carbocycles. The molecule has 1 aliphatic rings. The van der Waals surface area contributed by atoms with E-state index >= 15 is 0 Å². The molecular weight excluding hydrogens is 271 g/mol. The van der Waals surface area contributed by atoms with E-state index < -0.39 is 0 Å². The van der Waals surface area contributed by atoms with Gasteiger partial charge in [0.2, 0.25) is 5.28 Å². The molecule has 18 heavy (non-hydrogen) atoms. The second kappa shape index (κ2) is 5.02. The first-order valence-electron chi connectivity index (χ1n) is 6.28. The lowest BCUT2D eigenvalue weighted by Gasteiger charge is -2.21. The zero-order chi connectivity index (χ0) is 12.5. The molecule has 1 aliphatic carbocycles. The number of imidazole rings is 1. The van der Waals surface area contributed by atoms with Crippen LogP contribution in [0.3, 0.4) is 0 Å². The standard InChI is InChI=1S/C12H14Cl2N4/c13-10-9-11(17-12(14)16-10)18(7-15-9)6-8-4-2-1-3-5-8/h7-8H,1-6H2. The van der Waals surface area contributed by atoms with Crippen LogP contribution in [-0.4, -0.2) is 19.5 Å². The summed E-state index contributed by atoms with van der Waals surface area (Å²) in [6.45, 7) is 0.945. The molecule has 0 aromatic carbocycles. The van der Waals surface area contributed by atoms with Crippen LogP contribution in [0, 0.1) is 5.92 Å². The Morgan fingerprint density at radius 2 is 1.94 bits per heavy atom. The van der Waals surface area contributed by atoms with Gasteiger partial charge in [-0.1, -0.05) is 30.9 Å². The van der Waals surface area contributed by atoms with E-state index in [9.17, 15) is 0 Å². The first kappa shape index (κ1) is 12.2. The SMILES string of the molecule is Clc1nc(Cl)c2ncn(CC3CCCCC3)c2n1. The van der Waals surface area contributed by atoms with Crippen molar-refractivity contribution >= 4 is 34.4 Å². The Balaban J connectivity index is 1.92. The van der Waals surface area contributed by atoms with Crippen LogP contribution >= 0.6 is 23.2 Å². The number of nitrogens with zero attached hydrogens (tertiary/aromatic N) is 4. The maximum atomic E-state index is 6.01. The lowest BCUT2D eigenvalue weighted by atomic mass is 9.89. The van der Waals surface area contributed by atoms with Gasteiger partial charge in [0.15, 0.2) is 10.8 Å². The first-order valence-corrected chi connectivity index (χ1v) is 7.03. The van der Waals surface area contributed by atoms with Gasteiger partial charge < -0.3 is 4.57 Å². The third-order valence-corrected chi connectivity index (χ3v) is 4.01. The van der Waals surface area contributed by atoms with Gasteiger partial charge >= 0.3 is 0 Å². The average Bonchev–Trinajstić information content (AvgIpc) is 2.74. The fraction of sp³-hybridized carbons (Fsp3) is 0.583. The summed E-state index contributed by atoms with van der Waals surface area (Å²) in [5, 5.41) is 0.505. The summed E-state index contributed by atoms with van der Waals surface area (Å²) in [5.41, 5.74) is 1.38. The molecule has 0 aliphatic heterocycles. The Hall–Kier alpha value is -0.870. The summed E-state index contributed by atoms with van der Waals surface area (Å²) in [6.07, 6.45) is 8.37. The van der Waals surface area contributed by atoms with E-state index in [0.29, 0.717) is 16.6 Å². The molecule has 6 heteroatoms. The molecule has 0 radical (unpaired) electrons. The van der Waals surface area contributed by atoms with E-state index in [1.807, 2.05) is 4.57 Å². The molecular formula is C12H14Cl2N4. The van der Waals surface area contributed by atoms with Gasteiger partial charge in [-0.25, -0.2) is 9.97 Å². The van der Waals surface area contributed by atoms with Gasteiger partial charge in [0.25, 0.3) is 0 Å². The molecule has 0 amide bonds. The molecule has 0 spiro atoms. The minimum Gasteiger partial charge on any atom is -0.315 e. The molecule has 96 valence electrons. The van der Waals surface area contributed by atoms with Gasteiger partial charge in [0.1, 0.15) is 5.52 Å². The molecule has 2 aromatic rings. The zero-order valence-electron chi connectivity index (χ0n) is 9.94. The fourth-order valence-corrected chi connectivity index (χ4v) is 3.09. The minimum atomic E-state index is 0.179. The Morgan fingerprint density at radius 1 is 1.17 bits per heavy atom. The van der Waals surface area contributed by atoms with Crippen LogP contribution in [0.25, 0.3) is 11.2 Å².